The van der Waals surface area contributed by atoms with E-state index in [1.54, 1.807) is 6.33 Å². The van der Waals surface area contributed by atoms with Gasteiger partial charge in [-0.3, -0.25) is 9.78 Å². The average molecular weight is 324 g/mol. The van der Waals surface area contributed by atoms with Crippen LogP contribution in [0.2, 0.25) is 0 Å². The summed E-state index contributed by atoms with van der Waals surface area (Å²) in [5.41, 5.74) is 1.10. The molecule has 5 nitrogen and oxygen atoms in total. The number of fused-ring (bicyclic) bond motifs is 3. The number of nitrogens with one attached hydrogen (secondary N) is 1. The maximum Gasteiger partial charge on any atom is 0.312 e. The molecule has 1 N–H and O–H groups in total. The summed E-state index contributed by atoms with van der Waals surface area (Å²) >= 11 is 4.78. The Morgan fingerprint density at radius 2 is 2.28 bits per heavy atom. The van der Waals surface area contributed by atoms with Crippen LogP contribution < -0.4 is 10.1 Å². The molecular formula is C11H8BrN4OS+. The third-order valence-corrected chi connectivity index (χ3v) is 3.64. The van der Waals surface area contributed by atoms with Crippen LogP contribution in [0.5, 0.6) is 0 Å². The van der Waals surface area contributed by atoms with Gasteiger partial charge < -0.3 is 0 Å². The lowest BCUT2D eigenvalue weighted by molar-refractivity contribution is -0.589. The van der Waals surface area contributed by atoms with E-state index in [1.807, 2.05) is 24.5 Å². The molecule has 18 heavy (non-hydrogen) atoms. The second kappa shape index (κ2) is 4.33. The predicted octanol–water partition coefficient (Wildman–Crippen LogP) is 1.54. The van der Waals surface area contributed by atoms with E-state index in [0.717, 1.165) is 15.4 Å². The predicted molar refractivity (Wildman–Crippen MR) is 72.8 cm³/mol. The molecule has 0 fully saturated rings. The molecule has 0 aliphatic carbocycles. The third kappa shape index (κ3) is 1.79. The number of halogens is 1. The summed E-state index contributed by atoms with van der Waals surface area (Å²) in [5.74, 6) is 0. The molecule has 0 radical (unpaired) electrons. The standard InChI is InChI=1S/C11H7BrN4OS/c1-18-11-14-10(17)9-7-4-6(12)2-3-8(7)13-5-16(9)15-11/h2-5H,1H3/p+1. The van der Waals surface area contributed by atoms with Crippen LogP contribution in [0.3, 0.4) is 0 Å². The Bertz CT molecular complexity index is 817. The summed E-state index contributed by atoms with van der Waals surface area (Å²) in [6.45, 7) is 0. The van der Waals surface area contributed by atoms with E-state index in [2.05, 4.69) is 31.0 Å². The number of benzene rings is 1. The van der Waals surface area contributed by atoms with Gasteiger partial charge in [-0.05, 0) is 29.4 Å². The highest BCUT2D eigenvalue weighted by molar-refractivity contribution is 9.10. The molecule has 1 aromatic carbocycles. The van der Waals surface area contributed by atoms with Crippen molar-refractivity contribution in [2.75, 3.05) is 6.26 Å². The Morgan fingerprint density at radius 1 is 1.44 bits per heavy atom. The molecule has 0 spiro atoms. The van der Waals surface area contributed by atoms with Gasteiger partial charge in [-0.1, -0.05) is 37.3 Å². The van der Waals surface area contributed by atoms with Crippen LogP contribution in [0, 0.1) is 0 Å². The largest absolute Gasteiger partial charge is 0.312 e. The summed E-state index contributed by atoms with van der Waals surface area (Å²) in [6, 6.07) is 5.62. The minimum absolute atomic E-state index is 0.167. The third-order valence-electron chi connectivity index (χ3n) is 2.58. The monoisotopic (exact) mass is 323 g/mol. The average Bonchev–Trinajstić information content (AvgIpc) is 2.37. The van der Waals surface area contributed by atoms with Crippen molar-refractivity contribution in [2.24, 2.45) is 0 Å². The fourth-order valence-corrected chi connectivity index (χ4v) is 2.51. The molecule has 3 rings (SSSR count). The first-order valence-electron chi connectivity index (χ1n) is 5.13. The second-order valence-electron chi connectivity index (χ2n) is 3.66. The normalized spacial score (nSPS) is 11.2. The zero-order valence-corrected chi connectivity index (χ0v) is 11.7. The van der Waals surface area contributed by atoms with Gasteiger partial charge in [0, 0.05) is 4.47 Å². The van der Waals surface area contributed by atoms with Crippen molar-refractivity contribution in [2.45, 2.75) is 5.16 Å². The molecule has 90 valence electrons. The van der Waals surface area contributed by atoms with E-state index >= 15 is 0 Å². The van der Waals surface area contributed by atoms with Crippen LogP contribution >= 0.6 is 27.7 Å². The number of aromatic amines is 1. The zero-order valence-electron chi connectivity index (χ0n) is 9.35. The van der Waals surface area contributed by atoms with Gasteiger partial charge >= 0.3 is 11.9 Å². The smallest absolute Gasteiger partial charge is 0.295 e. The first-order chi connectivity index (χ1) is 8.69. The Hall–Kier alpha value is -1.47. The molecule has 0 unspecified atom stereocenters. The number of H-pyrrole nitrogens is 1. The number of hydrogen-bond acceptors (Lipinski definition) is 4. The topological polar surface area (TPSA) is 62.7 Å². The van der Waals surface area contributed by atoms with E-state index in [1.165, 1.54) is 16.3 Å². The SMILES string of the molecule is CSc1n[n+]2cnc3ccc(Br)cc3c2c(=O)[nH]1. The Morgan fingerprint density at radius 3 is 3.06 bits per heavy atom. The lowest BCUT2D eigenvalue weighted by atomic mass is 10.2. The molecule has 0 saturated heterocycles. The summed E-state index contributed by atoms with van der Waals surface area (Å²) in [5, 5.41) is 5.62. The van der Waals surface area contributed by atoms with Crippen LogP contribution in [-0.2, 0) is 0 Å². The minimum atomic E-state index is -0.167. The highest BCUT2D eigenvalue weighted by Gasteiger charge is 2.15. The fraction of sp³-hybridized carbons (Fsp3) is 0.0909. The molecule has 0 bridgehead atoms. The maximum atomic E-state index is 12.1. The lowest BCUT2D eigenvalue weighted by Gasteiger charge is -1.98. The van der Waals surface area contributed by atoms with Crippen LogP contribution in [0.15, 0.2) is 39.0 Å². The number of aromatic nitrogens is 4. The lowest BCUT2D eigenvalue weighted by Crippen LogP contribution is -2.35. The molecule has 7 heteroatoms. The van der Waals surface area contributed by atoms with E-state index in [0.29, 0.717) is 10.7 Å². The van der Waals surface area contributed by atoms with Gasteiger partial charge in [0.2, 0.25) is 10.7 Å². The Kier molecular flexibility index (Phi) is 2.79. The van der Waals surface area contributed by atoms with Gasteiger partial charge in [0.15, 0.2) is 5.52 Å². The van der Waals surface area contributed by atoms with Gasteiger partial charge in [0.05, 0.1) is 5.39 Å². The molecule has 0 atom stereocenters. The molecular weight excluding hydrogens is 316 g/mol. The van der Waals surface area contributed by atoms with Crippen molar-refractivity contribution in [1.29, 1.82) is 0 Å². The summed E-state index contributed by atoms with van der Waals surface area (Å²) in [6.07, 6.45) is 3.41. The molecule has 0 amide bonds. The first-order valence-corrected chi connectivity index (χ1v) is 7.15. The summed E-state index contributed by atoms with van der Waals surface area (Å²) in [4.78, 5) is 19.1. The van der Waals surface area contributed by atoms with E-state index in [-0.39, 0.29) is 5.56 Å². The highest BCUT2D eigenvalue weighted by Crippen LogP contribution is 2.18. The number of hydrogen-bond donors (Lipinski definition) is 1. The van der Waals surface area contributed by atoms with E-state index < -0.39 is 0 Å². The minimum Gasteiger partial charge on any atom is -0.295 e. The summed E-state index contributed by atoms with van der Waals surface area (Å²) in [7, 11) is 0. The van der Waals surface area contributed by atoms with Crippen molar-refractivity contribution in [3.05, 3.63) is 39.4 Å². The number of nitrogens with zero attached hydrogens (tertiary/aromatic N) is 3. The van der Waals surface area contributed by atoms with Crippen LogP contribution in [-0.4, -0.2) is 21.3 Å². The quantitative estimate of drug-likeness (QED) is 0.419. The molecule has 0 aliphatic rings. The van der Waals surface area contributed by atoms with Gasteiger partial charge in [0.1, 0.15) is 0 Å². The second-order valence-corrected chi connectivity index (χ2v) is 5.37. The van der Waals surface area contributed by atoms with E-state index in [9.17, 15) is 4.79 Å². The van der Waals surface area contributed by atoms with Gasteiger partial charge in [-0.2, -0.15) is 0 Å². The van der Waals surface area contributed by atoms with Crippen molar-refractivity contribution in [3.8, 4) is 0 Å². The zero-order chi connectivity index (χ0) is 12.7. The molecule has 0 saturated carbocycles. The number of rotatable bonds is 1. The van der Waals surface area contributed by atoms with Crippen LogP contribution in [0.1, 0.15) is 0 Å². The first kappa shape index (κ1) is 11.6. The van der Waals surface area contributed by atoms with E-state index in [4.69, 9.17) is 0 Å². The van der Waals surface area contributed by atoms with Crippen molar-refractivity contribution in [3.63, 3.8) is 0 Å². The Balaban J connectivity index is 2.54. The van der Waals surface area contributed by atoms with Crippen molar-refractivity contribution >= 4 is 44.1 Å². The van der Waals surface area contributed by atoms with Gasteiger partial charge in [0.25, 0.3) is 0 Å². The molecule has 3 aromatic rings. The fourth-order valence-electron chi connectivity index (χ4n) is 1.78. The maximum absolute atomic E-state index is 12.1. The van der Waals surface area contributed by atoms with Crippen LogP contribution in [0.25, 0.3) is 16.4 Å². The van der Waals surface area contributed by atoms with Gasteiger partial charge in [-0.25, -0.2) is 0 Å². The highest BCUT2D eigenvalue weighted by atomic mass is 79.9. The van der Waals surface area contributed by atoms with Crippen LogP contribution in [0.4, 0.5) is 0 Å². The van der Waals surface area contributed by atoms with Crippen molar-refractivity contribution in [1.82, 2.24) is 15.1 Å². The van der Waals surface area contributed by atoms with Crippen molar-refractivity contribution < 1.29 is 4.52 Å². The number of thioether (sulfide) groups is 1. The summed E-state index contributed by atoms with van der Waals surface area (Å²) < 4.78 is 2.41. The molecule has 0 aliphatic heterocycles. The van der Waals surface area contributed by atoms with Gasteiger partial charge in [-0.15, -0.1) is 0 Å². The Labute approximate surface area is 114 Å². The molecule has 2 aromatic heterocycles. The molecule has 2 heterocycles.